The Morgan fingerprint density at radius 2 is 1.94 bits per heavy atom. The molecule has 0 radical (unpaired) electrons. The first kappa shape index (κ1) is 24.3. The smallest absolute Gasteiger partial charge is 0.480 e. The van der Waals surface area contributed by atoms with Crippen LogP contribution in [0.1, 0.15) is 67.6 Å². The van der Waals surface area contributed by atoms with E-state index in [1.165, 1.54) is 0 Å². The minimum Gasteiger partial charge on any atom is -0.480 e. The van der Waals surface area contributed by atoms with Crippen LogP contribution in [0.4, 0.5) is 13.2 Å². The molecule has 5 rings (SSSR count). The second kappa shape index (κ2) is 9.57. The number of carbonyl (C=O) groups excluding carboxylic acids is 1. The van der Waals surface area contributed by atoms with Crippen molar-refractivity contribution in [1.82, 2.24) is 15.5 Å². The first-order valence-electron chi connectivity index (χ1n) is 11.3. The van der Waals surface area contributed by atoms with E-state index in [4.69, 9.17) is 25.5 Å². The van der Waals surface area contributed by atoms with Gasteiger partial charge in [0.25, 0.3) is 5.91 Å². The molecule has 0 unspecified atom stereocenters. The van der Waals surface area contributed by atoms with Gasteiger partial charge in [0.1, 0.15) is 11.9 Å². The van der Waals surface area contributed by atoms with Crippen molar-refractivity contribution in [3.8, 4) is 5.75 Å². The van der Waals surface area contributed by atoms with Gasteiger partial charge in [-0.1, -0.05) is 11.6 Å². The summed E-state index contributed by atoms with van der Waals surface area (Å²) < 4.78 is 58.0. The number of aliphatic hydroxyl groups excluding tert-OH is 1. The first-order chi connectivity index (χ1) is 16.6. The zero-order valence-corrected chi connectivity index (χ0v) is 19.1. The lowest BCUT2D eigenvalue weighted by atomic mass is 9.82. The van der Waals surface area contributed by atoms with Crippen molar-refractivity contribution < 1.29 is 41.7 Å². The van der Waals surface area contributed by atoms with Gasteiger partial charge in [-0.3, -0.25) is 9.53 Å². The van der Waals surface area contributed by atoms with Gasteiger partial charge >= 0.3 is 6.36 Å². The molecule has 4 atom stereocenters. The summed E-state index contributed by atoms with van der Waals surface area (Å²) >= 11 is 5.96. The molecule has 3 heterocycles. The van der Waals surface area contributed by atoms with Crippen molar-refractivity contribution in [3.05, 3.63) is 40.6 Å². The van der Waals surface area contributed by atoms with Gasteiger partial charge in [0, 0.05) is 22.9 Å². The maximum absolute atomic E-state index is 12.7. The van der Waals surface area contributed by atoms with Crippen LogP contribution in [0, 0.1) is 0 Å². The van der Waals surface area contributed by atoms with Crippen molar-refractivity contribution in [1.29, 1.82) is 0 Å². The summed E-state index contributed by atoms with van der Waals surface area (Å²) in [5.41, 5.74) is 0.551. The summed E-state index contributed by atoms with van der Waals surface area (Å²) in [6.07, 6.45) is -6.20. The van der Waals surface area contributed by atoms with Gasteiger partial charge in [0.2, 0.25) is 11.8 Å². The van der Waals surface area contributed by atoms with E-state index in [1.54, 1.807) is 18.2 Å². The highest BCUT2D eigenvalue weighted by Crippen LogP contribution is 2.41. The van der Waals surface area contributed by atoms with Crippen LogP contribution in [0.25, 0.3) is 0 Å². The van der Waals surface area contributed by atoms with Crippen molar-refractivity contribution in [2.24, 2.45) is 0 Å². The van der Waals surface area contributed by atoms with E-state index in [2.05, 4.69) is 20.3 Å². The van der Waals surface area contributed by atoms with Gasteiger partial charge < -0.3 is 24.3 Å². The SMILES string of the molecule is O=C(N[C@@H]1CC[C@@H](c2nnc([C@H]3C[C@@H](OC(F)(F)F)C3)o2)OC1)[C@@H]1C[C@H](O)c2cc(Cl)ccc2O1. The molecular formula is C22H23ClF3N3O6. The van der Waals surface area contributed by atoms with Crippen molar-refractivity contribution in [2.75, 3.05) is 6.61 Å². The zero-order valence-electron chi connectivity index (χ0n) is 18.3. The Labute approximate surface area is 202 Å². The lowest BCUT2D eigenvalue weighted by Gasteiger charge is -2.33. The maximum atomic E-state index is 12.7. The molecule has 9 nitrogen and oxygen atoms in total. The number of rotatable bonds is 5. The Bertz CT molecular complexity index is 1070. The van der Waals surface area contributed by atoms with Crippen LogP contribution in [0.3, 0.4) is 0 Å². The van der Waals surface area contributed by atoms with E-state index in [1.807, 2.05) is 0 Å². The van der Waals surface area contributed by atoms with Crippen molar-refractivity contribution in [3.63, 3.8) is 0 Å². The summed E-state index contributed by atoms with van der Waals surface area (Å²) in [6.45, 7) is 0.209. The number of benzene rings is 1. The number of ether oxygens (including phenoxy) is 3. The molecule has 2 aliphatic heterocycles. The molecule has 2 fully saturated rings. The van der Waals surface area contributed by atoms with Crippen LogP contribution >= 0.6 is 11.6 Å². The second-order valence-electron chi connectivity index (χ2n) is 8.98. The molecule has 1 aromatic carbocycles. The largest absolute Gasteiger partial charge is 0.522 e. The van der Waals surface area contributed by atoms with Gasteiger partial charge in [0.05, 0.1) is 24.9 Å². The molecule has 1 amide bonds. The minimum absolute atomic E-state index is 0.107. The summed E-state index contributed by atoms with van der Waals surface area (Å²) in [4.78, 5) is 12.7. The third-order valence-corrected chi connectivity index (χ3v) is 6.66. The van der Waals surface area contributed by atoms with Crippen LogP contribution < -0.4 is 10.1 Å². The summed E-state index contributed by atoms with van der Waals surface area (Å²) in [6, 6.07) is 4.61. The Kier molecular flexibility index (Phi) is 6.64. The van der Waals surface area contributed by atoms with Crippen LogP contribution in [0.5, 0.6) is 5.75 Å². The monoisotopic (exact) mass is 517 g/mol. The Morgan fingerprint density at radius 1 is 1.17 bits per heavy atom. The molecule has 2 N–H and O–H groups in total. The molecule has 1 aliphatic carbocycles. The van der Waals surface area contributed by atoms with Crippen molar-refractivity contribution in [2.45, 2.75) is 74.8 Å². The number of halogens is 4. The number of nitrogens with zero attached hydrogens (tertiary/aromatic N) is 2. The molecule has 0 spiro atoms. The minimum atomic E-state index is -4.65. The van der Waals surface area contributed by atoms with Crippen LogP contribution in [0.15, 0.2) is 22.6 Å². The lowest BCUT2D eigenvalue weighted by Crippen LogP contribution is -2.48. The molecule has 190 valence electrons. The maximum Gasteiger partial charge on any atom is 0.522 e. The van der Waals surface area contributed by atoms with Gasteiger partial charge in [-0.25, -0.2) is 0 Å². The molecule has 35 heavy (non-hydrogen) atoms. The highest BCUT2D eigenvalue weighted by atomic mass is 35.5. The molecule has 3 aliphatic rings. The number of carbonyl (C=O) groups is 1. The van der Waals surface area contributed by atoms with Gasteiger partial charge in [-0.15, -0.1) is 23.4 Å². The highest BCUT2D eigenvalue weighted by Gasteiger charge is 2.43. The fourth-order valence-corrected chi connectivity index (χ4v) is 4.71. The number of fused-ring (bicyclic) bond motifs is 1. The average Bonchev–Trinajstić information content (AvgIpc) is 3.26. The Morgan fingerprint density at radius 3 is 2.66 bits per heavy atom. The molecule has 1 saturated heterocycles. The predicted molar refractivity (Wildman–Crippen MR) is 113 cm³/mol. The van der Waals surface area contributed by atoms with E-state index >= 15 is 0 Å². The van der Waals surface area contributed by atoms with Gasteiger partial charge in [0.15, 0.2) is 6.10 Å². The number of amides is 1. The topological polar surface area (TPSA) is 116 Å². The van der Waals surface area contributed by atoms with Crippen molar-refractivity contribution >= 4 is 17.5 Å². The molecular weight excluding hydrogens is 495 g/mol. The predicted octanol–water partition coefficient (Wildman–Crippen LogP) is 3.73. The average molecular weight is 518 g/mol. The standard InChI is InChI=1S/C22H23ClF3N3O6/c23-11-1-3-16-14(7-11)15(30)8-18(33-16)19(31)27-12-2-4-17(32-9-12)21-29-28-20(34-21)10-5-13(6-10)35-22(24,25)26/h1,3,7,10,12-13,15,17-18,30H,2,4-6,8-9H2,(H,27,31)/t10-,12-,13+,15+,17+,18+/m1/s1. The van der Waals surface area contributed by atoms with Crippen LogP contribution in [0.2, 0.25) is 5.02 Å². The number of alkyl halides is 3. The summed E-state index contributed by atoms with van der Waals surface area (Å²) in [7, 11) is 0. The van der Waals surface area contributed by atoms with E-state index in [-0.39, 0.29) is 55.5 Å². The number of hydrogen-bond acceptors (Lipinski definition) is 8. The number of hydrogen-bond donors (Lipinski definition) is 2. The van der Waals surface area contributed by atoms with Crippen LogP contribution in [-0.4, -0.2) is 52.4 Å². The van der Waals surface area contributed by atoms with E-state index in [0.717, 1.165) is 0 Å². The summed E-state index contributed by atoms with van der Waals surface area (Å²) in [5.74, 6) is 0.335. The summed E-state index contributed by atoms with van der Waals surface area (Å²) in [5, 5.41) is 21.7. The molecule has 1 aromatic heterocycles. The van der Waals surface area contributed by atoms with Gasteiger partial charge in [-0.2, -0.15) is 0 Å². The van der Waals surface area contributed by atoms with E-state index in [0.29, 0.717) is 29.2 Å². The quantitative estimate of drug-likeness (QED) is 0.616. The lowest BCUT2D eigenvalue weighted by molar-refractivity contribution is -0.352. The number of aliphatic hydroxyl groups is 1. The van der Waals surface area contributed by atoms with E-state index < -0.39 is 30.8 Å². The number of aromatic nitrogens is 2. The Hall–Kier alpha value is -2.41. The Balaban J connectivity index is 1.09. The highest BCUT2D eigenvalue weighted by molar-refractivity contribution is 6.30. The fourth-order valence-electron chi connectivity index (χ4n) is 4.53. The fraction of sp³-hybridized carbons (Fsp3) is 0.591. The molecule has 13 heteroatoms. The number of nitrogens with one attached hydrogen (secondary N) is 1. The first-order valence-corrected chi connectivity index (χ1v) is 11.7. The zero-order chi connectivity index (χ0) is 24.7. The third kappa shape index (κ3) is 5.55. The molecule has 1 saturated carbocycles. The van der Waals surface area contributed by atoms with Gasteiger partial charge in [-0.05, 0) is 43.9 Å². The molecule has 2 aromatic rings. The third-order valence-electron chi connectivity index (χ3n) is 6.43. The van der Waals surface area contributed by atoms with E-state index in [9.17, 15) is 23.1 Å². The normalized spacial score (nSPS) is 30.7. The van der Waals surface area contributed by atoms with Crippen LogP contribution in [-0.2, 0) is 14.3 Å². The molecule has 0 bridgehead atoms. The second-order valence-corrected chi connectivity index (χ2v) is 9.41.